The molecule has 0 unspecified atom stereocenters. The first-order chi connectivity index (χ1) is 12.7. The first-order valence-corrected chi connectivity index (χ1v) is 8.79. The molecular formula is C16H27ClF2N8O. The van der Waals surface area contributed by atoms with Gasteiger partial charge in [-0.25, -0.2) is 18.7 Å². The molecule has 0 radical (unpaired) electrons. The van der Waals surface area contributed by atoms with E-state index >= 15 is 0 Å². The van der Waals surface area contributed by atoms with Crippen LogP contribution in [0.3, 0.4) is 0 Å². The van der Waals surface area contributed by atoms with Gasteiger partial charge in [0, 0.05) is 19.6 Å². The Morgan fingerprint density at radius 2 is 1.32 bits per heavy atom. The summed E-state index contributed by atoms with van der Waals surface area (Å²) in [4.78, 5) is 17.4. The van der Waals surface area contributed by atoms with E-state index in [-0.39, 0.29) is 30.7 Å². The average Bonchev–Trinajstić information content (AvgIpc) is 2.58. The molecule has 0 amide bonds. The van der Waals surface area contributed by atoms with E-state index in [9.17, 15) is 13.9 Å². The fourth-order valence-electron chi connectivity index (χ4n) is 2.21. The minimum Gasteiger partial charge on any atom is -0.389 e. The third kappa shape index (κ3) is 6.71. The Morgan fingerprint density at radius 3 is 1.71 bits per heavy atom. The summed E-state index contributed by atoms with van der Waals surface area (Å²) in [5.41, 5.74) is -0.311. The fourth-order valence-corrected chi connectivity index (χ4v) is 2.21. The molecule has 0 saturated heterocycles. The number of fused-ring (bicyclic) bond motifs is 1. The molecule has 158 valence electrons. The fraction of sp³-hybridized carbons (Fsp3) is 0.625. The van der Waals surface area contributed by atoms with Gasteiger partial charge in [0.2, 0.25) is 11.9 Å². The number of nitrogens with zero attached hydrogens (tertiary/aromatic N) is 4. The van der Waals surface area contributed by atoms with Gasteiger partial charge in [-0.3, -0.25) is 0 Å². The van der Waals surface area contributed by atoms with Crippen LogP contribution in [-0.4, -0.2) is 63.2 Å². The van der Waals surface area contributed by atoms with Crippen LogP contribution in [0.25, 0.3) is 11.0 Å². The minimum absolute atomic E-state index is 0. The lowest BCUT2D eigenvalue weighted by molar-refractivity contribution is 0.0944. The van der Waals surface area contributed by atoms with Crippen LogP contribution >= 0.6 is 12.4 Å². The van der Waals surface area contributed by atoms with Crippen molar-refractivity contribution in [2.75, 3.05) is 47.4 Å². The first-order valence-electron chi connectivity index (χ1n) is 8.79. The molecule has 2 aromatic heterocycles. The smallest absolute Gasteiger partial charge is 0.255 e. The number of alkyl halides is 2. The lowest BCUT2D eigenvalue weighted by Gasteiger charge is -2.19. The second-order valence-electron chi connectivity index (χ2n) is 6.49. The second-order valence-corrected chi connectivity index (χ2v) is 6.49. The number of nitrogens with one attached hydrogen (secondary N) is 4. The van der Waals surface area contributed by atoms with Crippen LogP contribution in [0.1, 0.15) is 27.7 Å². The largest absolute Gasteiger partial charge is 0.389 e. The summed E-state index contributed by atoms with van der Waals surface area (Å²) >= 11 is 0. The molecule has 0 bridgehead atoms. The molecular weight excluding hydrogens is 394 g/mol. The molecule has 0 fully saturated rings. The quantitative estimate of drug-likeness (QED) is 0.395. The van der Waals surface area contributed by atoms with Crippen molar-refractivity contribution in [3.8, 4) is 0 Å². The van der Waals surface area contributed by atoms with E-state index in [0.29, 0.717) is 35.9 Å². The van der Waals surface area contributed by atoms with Crippen molar-refractivity contribution in [1.82, 2.24) is 19.9 Å². The van der Waals surface area contributed by atoms with Crippen molar-refractivity contribution < 1.29 is 13.9 Å². The van der Waals surface area contributed by atoms with Gasteiger partial charge in [-0.05, 0) is 27.7 Å². The molecule has 0 saturated carbocycles. The summed E-state index contributed by atoms with van der Waals surface area (Å²) in [6, 6.07) is 0. The molecule has 28 heavy (non-hydrogen) atoms. The summed E-state index contributed by atoms with van der Waals surface area (Å²) in [6.45, 7) is 7.85. The second kappa shape index (κ2) is 10.3. The maximum Gasteiger partial charge on any atom is 0.255 e. The van der Waals surface area contributed by atoms with E-state index in [1.165, 1.54) is 0 Å². The Balaban J connectivity index is 0.00000392. The van der Waals surface area contributed by atoms with Gasteiger partial charge in [0.15, 0.2) is 11.6 Å². The number of hydrogen-bond acceptors (Lipinski definition) is 9. The van der Waals surface area contributed by atoms with Gasteiger partial charge in [0.1, 0.15) is 11.0 Å². The Bertz CT molecular complexity index is 772. The van der Waals surface area contributed by atoms with Crippen molar-refractivity contribution in [2.24, 2.45) is 0 Å². The lowest BCUT2D eigenvalue weighted by atomic mass is 10.1. The average molecular weight is 421 g/mol. The van der Waals surface area contributed by atoms with E-state index in [2.05, 4.69) is 41.2 Å². The first kappa shape index (κ1) is 23.8. The molecule has 12 heteroatoms. The molecule has 0 spiro atoms. The summed E-state index contributed by atoms with van der Waals surface area (Å²) in [7, 11) is 0. The minimum atomic E-state index is -2.54. The van der Waals surface area contributed by atoms with Crippen molar-refractivity contribution in [3.63, 3.8) is 0 Å². The van der Waals surface area contributed by atoms with E-state index in [1.807, 2.05) is 13.8 Å². The van der Waals surface area contributed by atoms with Crippen molar-refractivity contribution in [1.29, 1.82) is 0 Å². The summed E-state index contributed by atoms with van der Waals surface area (Å²) < 4.78 is 25.4. The van der Waals surface area contributed by atoms with Gasteiger partial charge in [-0.15, -0.1) is 12.4 Å². The maximum atomic E-state index is 12.7. The molecule has 0 atom stereocenters. The Labute approximate surface area is 168 Å². The number of aliphatic hydroxyl groups is 1. The summed E-state index contributed by atoms with van der Waals surface area (Å²) in [5, 5.41) is 21.6. The van der Waals surface area contributed by atoms with E-state index in [4.69, 9.17) is 0 Å². The predicted molar refractivity (Wildman–Crippen MR) is 110 cm³/mol. The highest BCUT2D eigenvalue weighted by atomic mass is 35.5. The van der Waals surface area contributed by atoms with Crippen molar-refractivity contribution >= 4 is 47.0 Å². The zero-order chi connectivity index (χ0) is 20.0. The molecule has 9 nitrogen and oxygen atoms in total. The highest BCUT2D eigenvalue weighted by Gasteiger charge is 2.19. The van der Waals surface area contributed by atoms with Gasteiger partial charge in [-0.2, -0.15) is 9.97 Å². The predicted octanol–water partition coefficient (Wildman–Crippen LogP) is 2.56. The molecule has 0 aliphatic rings. The van der Waals surface area contributed by atoms with Crippen LogP contribution in [0.15, 0.2) is 0 Å². The normalized spacial score (nSPS) is 11.3. The Kier molecular flexibility index (Phi) is 8.76. The standard InChI is InChI=1S/C16H26F2N8O.ClH/c1-5-19-14-24-11-10(12(25-14)21-7-9(17)18)23-15(20-6-2)26-13(11)22-8-16(3,4)27;/h9,27H,5-8H2,1-4H3,(H2,19,21,24,25)(H2,20,22,23,26);1H. The van der Waals surface area contributed by atoms with Crippen LogP contribution in [-0.2, 0) is 0 Å². The lowest BCUT2D eigenvalue weighted by Crippen LogP contribution is -2.30. The zero-order valence-electron chi connectivity index (χ0n) is 16.3. The van der Waals surface area contributed by atoms with Gasteiger partial charge in [-0.1, -0.05) is 0 Å². The SMILES string of the molecule is CCNc1nc(NCC(C)(C)O)c2nc(NCC)nc(NCC(F)F)c2n1.Cl. The van der Waals surface area contributed by atoms with Crippen molar-refractivity contribution in [2.45, 2.75) is 39.7 Å². The number of rotatable bonds is 10. The maximum absolute atomic E-state index is 12.7. The number of hydrogen-bond donors (Lipinski definition) is 5. The molecule has 0 aliphatic heterocycles. The van der Waals surface area contributed by atoms with Gasteiger partial charge in [0.25, 0.3) is 6.43 Å². The topological polar surface area (TPSA) is 120 Å². The molecule has 0 aromatic carbocycles. The molecule has 2 rings (SSSR count). The van der Waals surface area contributed by atoms with Crippen LogP contribution < -0.4 is 21.3 Å². The third-order valence-corrected chi connectivity index (χ3v) is 3.33. The summed E-state index contributed by atoms with van der Waals surface area (Å²) in [6.07, 6.45) is -2.54. The summed E-state index contributed by atoms with van der Waals surface area (Å²) in [5.74, 6) is 1.14. The van der Waals surface area contributed by atoms with E-state index in [1.54, 1.807) is 13.8 Å². The Hall–Kier alpha value is -2.27. The molecule has 0 aliphatic carbocycles. The Morgan fingerprint density at radius 1 is 0.857 bits per heavy atom. The highest BCUT2D eigenvalue weighted by molar-refractivity contribution is 5.94. The number of aromatic nitrogens is 4. The molecule has 5 N–H and O–H groups in total. The highest BCUT2D eigenvalue weighted by Crippen LogP contribution is 2.27. The van der Waals surface area contributed by atoms with E-state index in [0.717, 1.165) is 0 Å². The van der Waals surface area contributed by atoms with Gasteiger partial charge >= 0.3 is 0 Å². The zero-order valence-corrected chi connectivity index (χ0v) is 17.1. The molecule has 2 heterocycles. The number of halogens is 3. The van der Waals surface area contributed by atoms with Gasteiger partial charge in [0.05, 0.1) is 12.1 Å². The van der Waals surface area contributed by atoms with Crippen LogP contribution in [0.4, 0.5) is 32.3 Å². The van der Waals surface area contributed by atoms with E-state index < -0.39 is 18.6 Å². The van der Waals surface area contributed by atoms with Crippen LogP contribution in [0.5, 0.6) is 0 Å². The van der Waals surface area contributed by atoms with Crippen LogP contribution in [0, 0.1) is 0 Å². The van der Waals surface area contributed by atoms with Gasteiger partial charge < -0.3 is 26.4 Å². The van der Waals surface area contributed by atoms with Crippen molar-refractivity contribution in [3.05, 3.63) is 0 Å². The molecule has 2 aromatic rings. The monoisotopic (exact) mass is 420 g/mol. The third-order valence-electron chi connectivity index (χ3n) is 3.33. The van der Waals surface area contributed by atoms with Crippen LogP contribution in [0.2, 0.25) is 0 Å². The number of anilines is 4.